The van der Waals surface area contributed by atoms with Crippen LogP contribution in [0, 0.1) is 0 Å². The minimum absolute atomic E-state index is 0.0781. The molecule has 0 unspecified atom stereocenters. The lowest BCUT2D eigenvalue weighted by molar-refractivity contribution is 0.104. The van der Waals surface area contributed by atoms with E-state index in [1.165, 1.54) is 0 Å². The van der Waals surface area contributed by atoms with E-state index in [0.29, 0.717) is 23.7 Å². The van der Waals surface area contributed by atoms with Crippen molar-refractivity contribution in [3.8, 4) is 17.2 Å². The Hall–Kier alpha value is -2.75. The van der Waals surface area contributed by atoms with Crippen LogP contribution < -0.4 is 14.2 Å². The van der Waals surface area contributed by atoms with Crippen LogP contribution in [0.3, 0.4) is 0 Å². The standard InChI is InChI=1S/C19H18O4/c1-21-16-9-12(10-17(22-2)19(16)23-3)8-14-11-13-6-4-5-7-15(13)18(14)20/h4-10H,11H2,1-3H3. The second kappa shape index (κ2) is 6.16. The van der Waals surface area contributed by atoms with Crippen molar-refractivity contribution in [3.05, 3.63) is 58.7 Å². The van der Waals surface area contributed by atoms with Gasteiger partial charge in [0.15, 0.2) is 17.3 Å². The lowest BCUT2D eigenvalue weighted by atomic mass is 10.1. The molecule has 2 aromatic carbocycles. The van der Waals surface area contributed by atoms with Crippen molar-refractivity contribution in [3.63, 3.8) is 0 Å². The van der Waals surface area contributed by atoms with E-state index in [-0.39, 0.29) is 5.78 Å². The fourth-order valence-corrected chi connectivity index (χ4v) is 2.86. The van der Waals surface area contributed by atoms with E-state index < -0.39 is 0 Å². The highest BCUT2D eigenvalue weighted by Gasteiger charge is 2.24. The number of fused-ring (bicyclic) bond motifs is 1. The first kappa shape index (κ1) is 15.2. The highest BCUT2D eigenvalue weighted by atomic mass is 16.5. The van der Waals surface area contributed by atoms with Crippen molar-refractivity contribution in [2.24, 2.45) is 0 Å². The number of carbonyl (C=O) groups excluding carboxylic acids is 1. The van der Waals surface area contributed by atoms with Crippen molar-refractivity contribution in [2.45, 2.75) is 6.42 Å². The van der Waals surface area contributed by atoms with Gasteiger partial charge in [0.05, 0.1) is 21.3 Å². The molecule has 0 saturated heterocycles. The normalized spacial score (nSPS) is 14.7. The molecule has 0 saturated carbocycles. The molecule has 2 aromatic rings. The van der Waals surface area contributed by atoms with E-state index >= 15 is 0 Å². The zero-order valence-electron chi connectivity index (χ0n) is 13.4. The number of ketones is 1. The first-order valence-corrected chi connectivity index (χ1v) is 7.31. The van der Waals surface area contributed by atoms with Gasteiger partial charge in [-0.25, -0.2) is 0 Å². The summed E-state index contributed by atoms with van der Waals surface area (Å²) < 4.78 is 16.0. The smallest absolute Gasteiger partial charge is 0.203 e. The molecule has 4 heteroatoms. The van der Waals surface area contributed by atoms with E-state index in [0.717, 1.165) is 22.3 Å². The molecule has 118 valence electrons. The number of methoxy groups -OCH3 is 3. The first-order chi connectivity index (χ1) is 11.2. The number of benzene rings is 2. The number of rotatable bonds is 4. The largest absolute Gasteiger partial charge is 0.493 e. The zero-order valence-corrected chi connectivity index (χ0v) is 13.4. The van der Waals surface area contributed by atoms with Crippen LogP contribution in [-0.4, -0.2) is 27.1 Å². The average Bonchev–Trinajstić information content (AvgIpc) is 2.90. The maximum Gasteiger partial charge on any atom is 0.203 e. The SMILES string of the molecule is COc1cc(C=C2Cc3ccccc3C2=O)cc(OC)c1OC. The maximum absolute atomic E-state index is 12.5. The lowest BCUT2D eigenvalue weighted by Gasteiger charge is -2.13. The monoisotopic (exact) mass is 310 g/mol. The highest BCUT2D eigenvalue weighted by molar-refractivity contribution is 6.15. The van der Waals surface area contributed by atoms with Crippen LogP contribution >= 0.6 is 0 Å². The van der Waals surface area contributed by atoms with E-state index in [9.17, 15) is 4.79 Å². The number of hydrogen-bond acceptors (Lipinski definition) is 4. The van der Waals surface area contributed by atoms with Gasteiger partial charge in [-0.2, -0.15) is 0 Å². The van der Waals surface area contributed by atoms with Crippen molar-refractivity contribution in [2.75, 3.05) is 21.3 Å². The summed E-state index contributed by atoms with van der Waals surface area (Å²) in [5.74, 6) is 1.76. The van der Waals surface area contributed by atoms with E-state index in [1.807, 2.05) is 42.5 Å². The summed E-state index contributed by atoms with van der Waals surface area (Å²) >= 11 is 0. The fraction of sp³-hybridized carbons (Fsp3) is 0.211. The highest BCUT2D eigenvalue weighted by Crippen LogP contribution is 2.39. The van der Waals surface area contributed by atoms with Crippen LogP contribution in [0.25, 0.3) is 6.08 Å². The van der Waals surface area contributed by atoms with Gasteiger partial charge in [-0.1, -0.05) is 24.3 Å². The molecule has 0 aliphatic heterocycles. The Bertz CT molecular complexity index is 765. The molecule has 0 N–H and O–H groups in total. The molecule has 23 heavy (non-hydrogen) atoms. The third-order valence-corrected chi connectivity index (χ3v) is 3.96. The van der Waals surface area contributed by atoms with E-state index in [2.05, 4.69) is 0 Å². The Labute approximate surface area is 135 Å². The van der Waals surface area contributed by atoms with Gasteiger partial charge >= 0.3 is 0 Å². The van der Waals surface area contributed by atoms with E-state index in [1.54, 1.807) is 21.3 Å². The Kier molecular flexibility index (Phi) is 4.06. The van der Waals surface area contributed by atoms with Crippen molar-refractivity contribution in [1.82, 2.24) is 0 Å². The minimum Gasteiger partial charge on any atom is -0.493 e. The quantitative estimate of drug-likeness (QED) is 0.810. The third kappa shape index (κ3) is 2.68. The maximum atomic E-state index is 12.5. The van der Waals surface area contributed by atoms with Crippen LogP contribution in [-0.2, 0) is 6.42 Å². The van der Waals surface area contributed by atoms with Gasteiger partial charge in [0.25, 0.3) is 0 Å². The number of hydrogen-bond donors (Lipinski definition) is 0. The van der Waals surface area contributed by atoms with Crippen molar-refractivity contribution >= 4 is 11.9 Å². The molecule has 0 aromatic heterocycles. The summed E-state index contributed by atoms with van der Waals surface area (Å²) in [6.07, 6.45) is 2.53. The fourth-order valence-electron chi connectivity index (χ4n) is 2.86. The summed E-state index contributed by atoms with van der Waals surface area (Å²) in [6, 6.07) is 11.4. The van der Waals surface area contributed by atoms with E-state index in [4.69, 9.17) is 14.2 Å². The topological polar surface area (TPSA) is 44.8 Å². The number of ether oxygens (including phenoxy) is 3. The van der Waals surface area contributed by atoms with Gasteiger partial charge in [-0.15, -0.1) is 0 Å². The molecule has 0 atom stereocenters. The lowest BCUT2D eigenvalue weighted by Crippen LogP contribution is -1.97. The Morgan fingerprint density at radius 2 is 1.61 bits per heavy atom. The van der Waals surface area contributed by atoms with Crippen LogP contribution in [0.2, 0.25) is 0 Å². The average molecular weight is 310 g/mol. The summed E-state index contributed by atoms with van der Waals surface area (Å²) in [4.78, 5) is 12.5. The van der Waals surface area contributed by atoms with Gasteiger partial charge in [-0.05, 0) is 29.3 Å². The van der Waals surface area contributed by atoms with Gasteiger partial charge in [0, 0.05) is 17.6 Å². The molecule has 4 nitrogen and oxygen atoms in total. The Balaban J connectivity index is 2.02. The van der Waals surface area contributed by atoms with Crippen molar-refractivity contribution in [1.29, 1.82) is 0 Å². The molecule has 0 heterocycles. The van der Waals surface area contributed by atoms with Crippen LogP contribution in [0.4, 0.5) is 0 Å². The number of carbonyl (C=O) groups is 1. The number of Topliss-reactive ketones (excluding diaryl/α,β-unsaturated/α-hetero) is 1. The van der Waals surface area contributed by atoms with Gasteiger partial charge < -0.3 is 14.2 Å². The first-order valence-electron chi connectivity index (χ1n) is 7.31. The summed E-state index contributed by atoms with van der Waals surface area (Å²) in [5, 5.41) is 0. The van der Waals surface area contributed by atoms with Crippen LogP contribution in [0.15, 0.2) is 42.0 Å². The Morgan fingerprint density at radius 1 is 0.957 bits per heavy atom. The molecular formula is C19H18O4. The van der Waals surface area contributed by atoms with Crippen LogP contribution in [0.1, 0.15) is 21.5 Å². The molecule has 1 aliphatic rings. The second-order valence-corrected chi connectivity index (χ2v) is 5.29. The van der Waals surface area contributed by atoms with Gasteiger partial charge in [-0.3, -0.25) is 4.79 Å². The molecule has 0 amide bonds. The summed E-state index contributed by atoms with van der Waals surface area (Å²) in [7, 11) is 4.71. The molecule has 0 fully saturated rings. The molecule has 0 spiro atoms. The minimum atomic E-state index is 0.0781. The van der Waals surface area contributed by atoms with Crippen LogP contribution in [0.5, 0.6) is 17.2 Å². The molecular weight excluding hydrogens is 292 g/mol. The summed E-state index contributed by atoms with van der Waals surface area (Å²) in [5.41, 5.74) is 3.46. The zero-order chi connectivity index (χ0) is 16.4. The molecule has 0 bridgehead atoms. The predicted molar refractivity (Wildman–Crippen MR) is 88.6 cm³/mol. The van der Waals surface area contributed by atoms with Crippen molar-refractivity contribution < 1.29 is 19.0 Å². The predicted octanol–water partition coefficient (Wildman–Crippen LogP) is 3.53. The Morgan fingerprint density at radius 3 is 2.17 bits per heavy atom. The molecule has 1 aliphatic carbocycles. The molecule has 3 rings (SSSR count). The molecule has 0 radical (unpaired) electrons. The summed E-state index contributed by atoms with van der Waals surface area (Å²) in [6.45, 7) is 0. The third-order valence-electron chi connectivity index (χ3n) is 3.96. The number of allylic oxidation sites excluding steroid dienone is 1. The second-order valence-electron chi connectivity index (χ2n) is 5.29. The van der Waals surface area contributed by atoms with Gasteiger partial charge in [0.1, 0.15) is 0 Å². The van der Waals surface area contributed by atoms with Gasteiger partial charge in [0.2, 0.25) is 5.75 Å².